The van der Waals surface area contributed by atoms with E-state index in [4.69, 9.17) is 0 Å². The molecule has 0 aromatic rings. The Morgan fingerprint density at radius 3 is 0.621 bits per heavy atom. The van der Waals surface area contributed by atoms with Crippen molar-refractivity contribution < 1.29 is 5.11 Å². The van der Waals surface area contributed by atoms with Crippen molar-refractivity contribution in [3.05, 3.63) is 0 Å². The highest BCUT2D eigenvalue weighted by Gasteiger charge is 2.78. The van der Waals surface area contributed by atoms with E-state index in [1.165, 1.54) is 0 Å². The maximum absolute atomic E-state index is 13.2. The largest absolute Gasteiger partial charge is 0.229 e. The zero-order valence-corrected chi connectivity index (χ0v) is 53.1. The van der Waals surface area contributed by atoms with Crippen LogP contribution in [0.25, 0.3) is 0 Å². The fraction of sp³-hybridized carbons (Fsp3) is 1.00. The van der Waals surface area contributed by atoms with Gasteiger partial charge in [0.2, 0.25) is 1.61 Å². The van der Waals surface area contributed by atoms with Gasteiger partial charge in [-0.3, -0.25) is 0 Å². The maximum atomic E-state index is 13.2. The van der Waals surface area contributed by atoms with Gasteiger partial charge >= 0.3 is 0 Å². The first kappa shape index (κ1) is 42.8. The molecule has 0 aliphatic rings. The number of hydrogen-bond donors (Lipinski definition) is 0. The Hall–Kier alpha value is 13.8. The molecule has 0 spiro atoms. The van der Waals surface area contributed by atoms with Crippen molar-refractivity contribution in [2.75, 3.05) is 0 Å². The van der Waals surface area contributed by atoms with Gasteiger partial charge in [-0.15, -0.1) is 0 Å². The standard InChI is InChI=1S/C9I19O/c10-1(11,2(12,13)4(16,17)6(20,21)8(24,25)26)3(14,15)5(18,19)7(22,23)9(27,28)29. The molecule has 0 aromatic heterocycles. The Labute approximate surface area is 430 Å². The van der Waals surface area contributed by atoms with Gasteiger partial charge in [0.1, 0.15) is 9.43 Å². The van der Waals surface area contributed by atoms with Gasteiger partial charge in [0.05, 0.1) is 0 Å². The normalized spacial score (nSPS) is 17.0. The van der Waals surface area contributed by atoms with Crippen LogP contribution in [-0.2, 0) is 5.11 Å². The van der Waals surface area contributed by atoms with Crippen LogP contribution in [-0.4, -0.2) is 11.0 Å². The Balaban J connectivity index is 6.82. The van der Waals surface area contributed by atoms with E-state index in [2.05, 4.69) is 429 Å². The Kier molecular flexibility index (Phi) is 22.4. The zero-order valence-electron chi connectivity index (χ0n) is 12.1. The lowest BCUT2D eigenvalue weighted by molar-refractivity contribution is 0.161. The summed E-state index contributed by atoms with van der Waals surface area (Å²) >= 11 is 48.1. The second-order valence-corrected chi connectivity index (χ2v) is 58.3. The second-order valence-electron chi connectivity index (χ2n) is 5.04. The van der Waals surface area contributed by atoms with E-state index in [-0.39, 0.29) is 8.01 Å². The Morgan fingerprint density at radius 2 is 0.448 bits per heavy atom. The van der Waals surface area contributed by atoms with Crippen LogP contribution in [0.3, 0.4) is 0 Å². The third-order valence-electron chi connectivity index (χ3n) is 3.09. The number of hydrogen-bond acceptors (Lipinski definition) is 0. The lowest BCUT2D eigenvalue weighted by atomic mass is 10.1. The fourth-order valence-corrected chi connectivity index (χ4v) is 28.5. The van der Waals surface area contributed by atoms with E-state index < -0.39 is 3.04 Å². The zero-order chi connectivity index (χ0) is 24.5. The van der Waals surface area contributed by atoms with E-state index in [0.29, 0.717) is 0 Å². The molecule has 20 heteroatoms. The van der Waals surface area contributed by atoms with Gasteiger partial charge in [0.25, 0.3) is 0 Å². The van der Waals surface area contributed by atoms with E-state index in [9.17, 15) is 5.11 Å². The summed E-state index contributed by atoms with van der Waals surface area (Å²) in [5, 5.41) is 13.2. The average molecular weight is 2540 g/mol. The molecule has 0 atom stereocenters. The molecule has 0 amide bonds. The molecule has 0 aliphatic heterocycles. The quantitative estimate of drug-likeness (QED) is 0.171. The minimum atomic E-state index is -1.15. The lowest BCUT2D eigenvalue weighted by Gasteiger charge is -2.58. The highest BCUT2D eigenvalue weighted by Crippen LogP contribution is 2.80. The minimum Gasteiger partial charge on any atom is -0.204 e. The van der Waals surface area contributed by atoms with Crippen LogP contribution >= 0.6 is 429 Å². The highest BCUT2D eigenvalue weighted by atomic mass is 127. The van der Waals surface area contributed by atoms with E-state index >= 15 is 0 Å². The molecule has 175 valence electrons. The molecule has 0 aromatic carbocycles. The minimum absolute atomic E-state index is 0.0184. The van der Waals surface area contributed by atoms with Gasteiger partial charge in [0.15, 0.2) is 0 Å². The molecular weight excluding hydrogens is 2540 g/mol. The second kappa shape index (κ2) is 15.2. The molecule has 0 saturated carbocycles. The third kappa shape index (κ3) is 9.01. The van der Waals surface area contributed by atoms with Gasteiger partial charge in [-0.05, 0) is 45.2 Å². The summed E-state index contributed by atoms with van der Waals surface area (Å²) < 4.78 is -2.81. The van der Waals surface area contributed by atoms with E-state index in [1.807, 2.05) is 0 Å². The Bertz CT molecular complexity index is 554. The monoisotopic (exact) mass is 2540 g/mol. The summed E-state index contributed by atoms with van der Waals surface area (Å²) in [7, 11) is 0. The van der Waals surface area contributed by atoms with Crippen molar-refractivity contribution in [2.45, 2.75) is 11.0 Å². The summed E-state index contributed by atoms with van der Waals surface area (Å²) in [5.41, 5.74) is 0. The van der Waals surface area contributed by atoms with Crippen molar-refractivity contribution in [3.63, 3.8) is 0 Å². The van der Waals surface area contributed by atoms with Gasteiger partial charge in [-0.25, -0.2) is 5.11 Å². The molecular formula is C9I19O. The maximum Gasteiger partial charge on any atom is 0.229 e. The van der Waals surface area contributed by atoms with Gasteiger partial charge < -0.3 is 0 Å². The van der Waals surface area contributed by atoms with Crippen molar-refractivity contribution in [3.8, 4) is 0 Å². The van der Waals surface area contributed by atoms with Crippen LogP contribution in [0, 0.1) is 0 Å². The van der Waals surface area contributed by atoms with Crippen molar-refractivity contribution in [1.29, 1.82) is 0 Å². The molecule has 0 rings (SSSR count). The van der Waals surface area contributed by atoms with E-state index in [0.717, 1.165) is 0 Å². The third-order valence-corrected chi connectivity index (χ3v) is 64.8. The molecule has 1 nitrogen and oxygen atoms in total. The first-order valence-corrected chi connectivity index (χ1v) is 26.3. The van der Waals surface area contributed by atoms with Crippen LogP contribution in [0.4, 0.5) is 0 Å². The first-order chi connectivity index (χ1) is 12.0. The molecule has 29 heavy (non-hydrogen) atoms. The molecule has 0 heterocycles. The number of alkyl halides is 19. The van der Waals surface area contributed by atoms with Crippen molar-refractivity contribution in [1.82, 2.24) is 0 Å². The average Bonchev–Trinajstić information content (AvgIpc) is 2.43. The molecule has 0 fully saturated rings. The molecule has 0 N–H and O–H groups in total. The van der Waals surface area contributed by atoms with Gasteiger partial charge in [0, 0.05) is 0 Å². The van der Waals surface area contributed by atoms with Crippen LogP contribution in [0.15, 0.2) is 0 Å². The summed E-state index contributed by atoms with van der Waals surface area (Å²) in [4.78, 5) is 0. The summed E-state index contributed by atoms with van der Waals surface area (Å²) in [6.45, 7) is 0. The SMILES string of the molecule is [O]C(I)(I)C(I)(I)C(I)(I)C(I)(I)C(I)(I)C(I)(I)C(I)(I)C(I)(I)C(I)(I)I. The van der Waals surface area contributed by atoms with Gasteiger partial charge in [-0.1, -0.05) is 384 Å². The Morgan fingerprint density at radius 1 is 0.276 bits per heavy atom. The summed E-state index contributed by atoms with van der Waals surface area (Å²) in [6, 6.07) is 0. The lowest BCUT2D eigenvalue weighted by Crippen LogP contribution is -2.68. The topological polar surface area (TPSA) is 19.9 Å². The molecule has 0 aliphatic carbocycles. The predicted octanol–water partition coefficient (Wildman–Crippen LogP) is 14.9. The molecule has 0 unspecified atom stereocenters. The van der Waals surface area contributed by atoms with Crippen LogP contribution < -0.4 is 0 Å². The number of halogens is 19. The van der Waals surface area contributed by atoms with Crippen molar-refractivity contribution in [2.24, 2.45) is 0 Å². The van der Waals surface area contributed by atoms with E-state index in [1.54, 1.807) is 0 Å². The molecule has 0 saturated heterocycles. The van der Waals surface area contributed by atoms with Crippen LogP contribution in [0.2, 0.25) is 0 Å². The number of rotatable bonds is 8. The van der Waals surface area contributed by atoms with Crippen LogP contribution in [0.1, 0.15) is 0 Å². The predicted molar refractivity (Wildman–Crippen MR) is 292 cm³/mol. The van der Waals surface area contributed by atoms with Gasteiger partial charge in [-0.2, -0.15) is 0 Å². The molecule has 1 radical (unpaired) electrons. The smallest absolute Gasteiger partial charge is 0.204 e. The first-order valence-electron chi connectivity index (χ1n) is 5.79. The van der Waals surface area contributed by atoms with Crippen molar-refractivity contribution >= 4 is 429 Å². The molecule has 0 bridgehead atoms. The summed E-state index contributed by atoms with van der Waals surface area (Å²) in [5.74, 6) is 0. The van der Waals surface area contributed by atoms with Crippen LogP contribution in [0.5, 0.6) is 0 Å². The summed E-state index contributed by atoms with van der Waals surface area (Å²) in [6.07, 6.45) is 0. The highest BCUT2D eigenvalue weighted by molar-refractivity contribution is 14.3. The fourth-order valence-electron chi connectivity index (χ4n) is 1.35.